The number of nitrogens with one attached hydrogen (secondary N) is 2. The van der Waals surface area contributed by atoms with Crippen LogP contribution >= 0.6 is 23.8 Å². The van der Waals surface area contributed by atoms with Crippen LogP contribution in [0.1, 0.15) is 24.1 Å². The van der Waals surface area contributed by atoms with E-state index in [1.165, 1.54) is 0 Å². The Kier molecular flexibility index (Phi) is 4.88. The molecule has 0 unspecified atom stereocenters. The average Bonchev–Trinajstić information content (AvgIpc) is 3.02. The zero-order chi connectivity index (χ0) is 16.2. The molecule has 120 valence electrons. The highest BCUT2D eigenvalue weighted by Gasteiger charge is 2.16. The summed E-state index contributed by atoms with van der Waals surface area (Å²) in [6.07, 6.45) is 0. The lowest BCUT2D eigenvalue weighted by atomic mass is 10.1. The second kappa shape index (κ2) is 7.06. The van der Waals surface area contributed by atoms with Crippen LogP contribution in [0.5, 0.6) is 11.5 Å². The van der Waals surface area contributed by atoms with E-state index in [2.05, 4.69) is 10.6 Å². The molecular weight excluding hydrogens is 332 g/mol. The molecule has 1 aliphatic rings. The number of thiocarbonyl (C=S) groups is 1. The topological polar surface area (TPSA) is 42.5 Å². The molecule has 6 heteroatoms. The lowest BCUT2D eigenvalue weighted by Crippen LogP contribution is -2.36. The van der Waals surface area contributed by atoms with E-state index in [1.54, 1.807) is 0 Å². The van der Waals surface area contributed by atoms with Gasteiger partial charge in [-0.25, -0.2) is 0 Å². The van der Waals surface area contributed by atoms with Crippen molar-refractivity contribution in [1.82, 2.24) is 10.6 Å². The van der Waals surface area contributed by atoms with Crippen LogP contribution in [0, 0.1) is 0 Å². The Morgan fingerprint density at radius 1 is 1.17 bits per heavy atom. The maximum atomic E-state index is 5.87. The average molecular weight is 349 g/mol. The van der Waals surface area contributed by atoms with Gasteiger partial charge < -0.3 is 20.1 Å². The fraction of sp³-hybridized carbons (Fsp3) is 0.235. The van der Waals surface area contributed by atoms with Gasteiger partial charge in [0.15, 0.2) is 16.6 Å². The minimum atomic E-state index is 0.0646. The summed E-state index contributed by atoms with van der Waals surface area (Å²) in [4.78, 5) is 0. The minimum absolute atomic E-state index is 0.0646. The van der Waals surface area contributed by atoms with E-state index in [0.717, 1.165) is 27.6 Å². The molecule has 0 bridgehead atoms. The Balaban J connectivity index is 1.54. The van der Waals surface area contributed by atoms with Crippen LogP contribution in [0.15, 0.2) is 42.5 Å². The van der Waals surface area contributed by atoms with E-state index in [-0.39, 0.29) is 12.8 Å². The summed E-state index contributed by atoms with van der Waals surface area (Å²) in [5.41, 5.74) is 2.21. The van der Waals surface area contributed by atoms with Gasteiger partial charge in [-0.15, -0.1) is 0 Å². The highest BCUT2D eigenvalue weighted by molar-refractivity contribution is 7.80. The first kappa shape index (κ1) is 15.9. The summed E-state index contributed by atoms with van der Waals surface area (Å²) in [7, 11) is 0. The SMILES string of the molecule is C[C@@H](NC(=S)NCc1ccc(Cl)cc1)c1ccc2c(c1)OCO2. The van der Waals surface area contributed by atoms with Crippen LogP contribution in [0.4, 0.5) is 0 Å². The lowest BCUT2D eigenvalue weighted by molar-refractivity contribution is 0.174. The van der Waals surface area contributed by atoms with Gasteiger partial charge in [-0.1, -0.05) is 29.8 Å². The van der Waals surface area contributed by atoms with Crippen molar-refractivity contribution >= 4 is 28.9 Å². The lowest BCUT2D eigenvalue weighted by Gasteiger charge is -2.17. The van der Waals surface area contributed by atoms with Gasteiger partial charge in [-0.05, 0) is 54.5 Å². The van der Waals surface area contributed by atoms with Crippen molar-refractivity contribution in [2.45, 2.75) is 19.5 Å². The Morgan fingerprint density at radius 3 is 2.70 bits per heavy atom. The molecule has 0 amide bonds. The van der Waals surface area contributed by atoms with Crippen LogP contribution in [0.25, 0.3) is 0 Å². The molecule has 2 aromatic rings. The van der Waals surface area contributed by atoms with E-state index in [4.69, 9.17) is 33.3 Å². The summed E-state index contributed by atoms with van der Waals surface area (Å²) < 4.78 is 10.7. The Hall–Kier alpha value is -1.98. The smallest absolute Gasteiger partial charge is 0.231 e. The Labute approximate surface area is 145 Å². The Morgan fingerprint density at radius 2 is 1.91 bits per heavy atom. The van der Waals surface area contributed by atoms with Gasteiger partial charge in [0.05, 0.1) is 6.04 Å². The molecule has 0 aliphatic carbocycles. The van der Waals surface area contributed by atoms with Gasteiger partial charge in [0.25, 0.3) is 0 Å². The predicted molar refractivity (Wildman–Crippen MR) is 95.0 cm³/mol. The first-order chi connectivity index (χ1) is 11.1. The summed E-state index contributed by atoms with van der Waals surface area (Å²) in [6, 6.07) is 13.6. The predicted octanol–water partition coefficient (Wildman–Crippen LogP) is 3.79. The van der Waals surface area contributed by atoms with Gasteiger partial charge in [0, 0.05) is 11.6 Å². The Bertz CT molecular complexity index is 706. The molecule has 23 heavy (non-hydrogen) atoms. The number of hydrogen-bond acceptors (Lipinski definition) is 3. The number of ether oxygens (including phenoxy) is 2. The molecule has 0 saturated carbocycles. The van der Waals surface area contributed by atoms with Gasteiger partial charge in [-0.2, -0.15) is 0 Å². The van der Waals surface area contributed by atoms with Crippen molar-refractivity contribution in [3.05, 3.63) is 58.6 Å². The molecule has 0 radical (unpaired) electrons. The molecule has 2 aromatic carbocycles. The zero-order valence-corrected chi connectivity index (χ0v) is 14.2. The third-order valence-corrected chi connectivity index (χ3v) is 4.12. The fourth-order valence-electron chi connectivity index (χ4n) is 2.30. The van der Waals surface area contributed by atoms with Crippen molar-refractivity contribution in [3.63, 3.8) is 0 Å². The quantitative estimate of drug-likeness (QED) is 0.823. The molecule has 0 fully saturated rings. The van der Waals surface area contributed by atoms with Gasteiger partial charge in [0.2, 0.25) is 6.79 Å². The second-order valence-corrected chi connectivity index (χ2v) is 6.13. The monoisotopic (exact) mass is 348 g/mol. The van der Waals surface area contributed by atoms with Crippen LogP contribution in [-0.2, 0) is 6.54 Å². The van der Waals surface area contributed by atoms with Crippen molar-refractivity contribution < 1.29 is 9.47 Å². The maximum Gasteiger partial charge on any atom is 0.231 e. The van der Waals surface area contributed by atoms with E-state index < -0.39 is 0 Å². The standard InChI is InChI=1S/C17H17ClN2O2S/c1-11(13-4-7-15-16(8-13)22-10-21-15)20-17(23)19-9-12-2-5-14(18)6-3-12/h2-8,11H,9-10H2,1H3,(H2,19,20,23)/t11-/m1/s1. The zero-order valence-electron chi connectivity index (χ0n) is 12.6. The van der Waals surface area contributed by atoms with Crippen molar-refractivity contribution in [3.8, 4) is 11.5 Å². The van der Waals surface area contributed by atoms with Crippen molar-refractivity contribution in [1.29, 1.82) is 0 Å². The highest BCUT2D eigenvalue weighted by atomic mass is 35.5. The molecule has 2 N–H and O–H groups in total. The first-order valence-electron chi connectivity index (χ1n) is 7.30. The normalized spacial score (nSPS) is 13.5. The van der Waals surface area contributed by atoms with Crippen LogP contribution in [0.2, 0.25) is 5.02 Å². The van der Waals surface area contributed by atoms with E-state index >= 15 is 0 Å². The third-order valence-electron chi connectivity index (χ3n) is 3.61. The molecule has 1 heterocycles. The number of rotatable bonds is 4. The number of halogens is 1. The first-order valence-corrected chi connectivity index (χ1v) is 8.09. The largest absolute Gasteiger partial charge is 0.454 e. The van der Waals surface area contributed by atoms with Crippen LogP contribution < -0.4 is 20.1 Å². The van der Waals surface area contributed by atoms with E-state index in [9.17, 15) is 0 Å². The fourth-order valence-corrected chi connectivity index (χ4v) is 2.67. The number of hydrogen-bond donors (Lipinski definition) is 2. The van der Waals surface area contributed by atoms with Gasteiger partial charge in [0.1, 0.15) is 0 Å². The summed E-state index contributed by atoms with van der Waals surface area (Å²) in [6.45, 7) is 2.98. The highest BCUT2D eigenvalue weighted by Crippen LogP contribution is 2.34. The minimum Gasteiger partial charge on any atom is -0.454 e. The van der Waals surface area contributed by atoms with Gasteiger partial charge >= 0.3 is 0 Å². The maximum absolute atomic E-state index is 5.87. The second-order valence-electron chi connectivity index (χ2n) is 5.29. The molecule has 1 atom stereocenters. The van der Waals surface area contributed by atoms with Crippen molar-refractivity contribution in [2.75, 3.05) is 6.79 Å². The summed E-state index contributed by atoms with van der Waals surface area (Å²) in [5, 5.41) is 7.79. The molecule has 0 spiro atoms. The summed E-state index contributed by atoms with van der Waals surface area (Å²) >= 11 is 11.2. The van der Waals surface area contributed by atoms with Crippen molar-refractivity contribution in [2.24, 2.45) is 0 Å². The van der Waals surface area contributed by atoms with Crippen LogP contribution in [0.3, 0.4) is 0 Å². The van der Waals surface area contributed by atoms with Crippen LogP contribution in [-0.4, -0.2) is 11.9 Å². The van der Waals surface area contributed by atoms with E-state index in [1.807, 2.05) is 49.4 Å². The number of benzene rings is 2. The molecular formula is C17H17ClN2O2S. The number of fused-ring (bicyclic) bond motifs is 1. The third kappa shape index (κ3) is 4.06. The summed E-state index contributed by atoms with van der Waals surface area (Å²) in [5.74, 6) is 1.56. The molecule has 1 aliphatic heterocycles. The van der Waals surface area contributed by atoms with E-state index in [0.29, 0.717) is 11.7 Å². The molecule has 4 nitrogen and oxygen atoms in total. The molecule has 0 aromatic heterocycles. The van der Waals surface area contributed by atoms with Gasteiger partial charge in [-0.3, -0.25) is 0 Å². The molecule has 0 saturated heterocycles. The molecule has 3 rings (SSSR count).